The number of hydrogen-bond donors (Lipinski definition) is 1. The van der Waals surface area contributed by atoms with Crippen molar-refractivity contribution in [3.8, 4) is 0 Å². The summed E-state index contributed by atoms with van der Waals surface area (Å²) in [4.78, 5) is 4.44. The summed E-state index contributed by atoms with van der Waals surface area (Å²) in [5, 5.41) is 10.2. The Labute approximate surface area is 141 Å². The molecule has 23 heavy (non-hydrogen) atoms. The summed E-state index contributed by atoms with van der Waals surface area (Å²) in [6.45, 7) is 0.831. The lowest BCUT2D eigenvalue weighted by molar-refractivity contribution is 0.204. The molecule has 1 atom stereocenters. The number of rotatable bonds is 7. The molecule has 2 aromatic carbocycles. The molecular formula is C19H20N2OS. The summed E-state index contributed by atoms with van der Waals surface area (Å²) in [5.41, 5.74) is 2.23. The smallest absolute Gasteiger partial charge is 0.118 e. The van der Waals surface area contributed by atoms with Crippen LogP contribution in [-0.2, 0) is 12.3 Å². The molecule has 3 nitrogen and oxygen atoms in total. The van der Waals surface area contributed by atoms with Crippen LogP contribution in [0.5, 0.6) is 0 Å². The van der Waals surface area contributed by atoms with Crippen LogP contribution < -0.4 is 0 Å². The van der Waals surface area contributed by atoms with Gasteiger partial charge in [-0.3, -0.25) is 0 Å². The summed E-state index contributed by atoms with van der Waals surface area (Å²) in [6, 6.07) is 20.2. The van der Waals surface area contributed by atoms with Gasteiger partial charge in [-0.15, -0.1) is 0 Å². The second kappa shape index (κ2) is 7.99. The SMILES string of the molecule is OC(CSCc1nccn1Cc1ccccc1)c1ccccc1. The number of aliphatic hydroxyl groups excluding tert-OH is 1. The number of aromatic nitrogens is 2. The molecule has 0 aliphatic heterocycles. The Balaban J connectivity index is 1.54. The van der Waals surface area contributed by atoms with E-state index in [1.807, 2.05) is 48.8 Å². The van der Waals surface area contributed by atoms with Crippen LogP contribution in [0, 0.1) is 0 Å². The van der Waals surface area contributed by atoms with E-state index < -0.39 is 6.10 Å². The Morgan fingerprint density at radius 1 is 1.00 bits per heavy atom. The number of nitrogens with zero attached hydrogens (tertiary/aromatic N) is 2. The van der Waals surface area contributed by atoms with Crippen LogP contribution in [0.2, 0.25) is 0 Å². The summed E-state index contributed by atoms with van der Waals surface area (Å²) in [5.74, 6) is 2.51. The van der Waals surface area contributed by atoms with E-state index in [1.165, 1.54) is 5.56 Å². The molecule has 0 saturated heterocycles. The van der Waals surface area contributed by atoms with Crippen LogP contribution >= 0.6 is 11.8 Å². The maximum absolute atomic E-state index is 10.2. The molecule has 0 fully saturated rings. The number of hydrogen-bond acceptors (Lipinski definition) is 3. The third-order valence-electron chi connectivity index (χ3n) is 3.69. The lowest BCUT2D eigenvalue weighted by Crippen LogP contribution is -2.05. The monoisotopic (exact) mass is 324 g/mol. The molecule has 0 spiro atoms. The van der Waals surface area contributed by atoms with E-state index in [1.54, 1.807) is 11.8 Å². The molecule has 0 bridgehead atoms. The lowest BCUT2D eigenvalue weighted by atomic mass is 10.1. The molecule has 0 amide bonds. The predicted octanol–water partition coefficient (Wildman–Crippen LogP) is 3.90. The average molecular weight is 324 g/mol. The molecule has 118 valence electrons. The first-order valence-corrected chi connectivity index (χ1v) is 8.83. The number of thioether (sulfide) groups is 1. The fourth-order valence-electron chi connectivity index (χ4n) is 2.44. The molecule has 1 unspecified atom stereocenters. The average Bonchev–Trinajstić information content (AvgIpc) is 3.03. The maximum Gasteiger partial charge on any atom is 0.118 e. The van der Waals surface area contributed by atoms with Gasteiger partial charge in [-0.1, -0.05) is 60.7 Å². The van der Waals surface area contributed by atoms with Gasteiger partial charge in [0.1, 0.15) is 5.82 Å². The molecule has 0 saturated carbocycles. The van der Waals surface area contributed by atoms with Gasteiger partial charge >= 0.3 is 0 Å². The van der Waals surface area contributed by atoms with E-state index in [2.05, 4.69) is 33.8 Å². The Morgan fingerprint density at radius 2 is 1.70 bits per heavy atom. The van der Waals surface area contributed by atoms with Gasteiger partial charge in [0.15, 0.2) is 0 Å². The van der Waals surface area contributed by atoms with Gasteiger partial charge in [0.2, 0.25) is 0 Å². The predicted molar refractivity (Wildman–Crippen MR) is 95.3 cm³/mol. The zero-order chi connectivity index (χ0) is 15.9. The lowest BCUT2D eigenvalue weighted by Gasteiger charge is -2.11. The Morgan fingerprint density at radius 3 is 2.43 bits per heavy atom. The quantitative estimate of drug-likeness (QED) is 0.716. The fraction of sp³-hybridized carbons (Fsp3) is 0.211. The molecule has 3 aromatic rings. The summed E-state index contributed by atoms with van der Waals surface area (Å²) in [6.07, 6.45) is 3.42. The highest BCUT2D eigenvalue weighted by molar-refractivity contribution is 7.98. The topological polar surface area (TPSA) is 38.1 Å². The van der Waals surface area contributed by atoms with Gasteiger partial charge < -0.3 is 9.67 Å². The molecule has 0 radical (unpaired) electrons. The van der Waals surface area contributed by atoms with Gasteiger partial charge in [-0.05, 0) is 11.1 Å². The van der Waals surface area contributed by atoms with E-state index >= 15 is 0 Å². The van der Waals surface area contributed by atoms with Crippen LogP contribution in [0.25, 0.3) is 0 Å². The van der Waals surface area contributed by atoms with Gasteiger partial charge in [-0.25, -0.2) is 4.98 Å². The Bertz CT molecular complexity index is 713. The fourth-order valence-corrected chi connectivity index (χ4v) is 3.39. The van der Waals surface area contributed by atoms with E-state index in [-0.39, 0.29) is 0 Å². The Kier molecular flexibility index (Phi) is 5.51. The molecule has 0 aliphatic rings. The second-order valence-corrected chi connectivity index (χ2v) is 6.43. The van der Waals surface area contributed by atoms with Gasteiger partial charge in [0, 0.05) is 24.7 Å². The highest BCUT2D eigenvalue weighted by atomic mass is 32.2. The first-order valence-electron chi connectivity index (χ1n) is 7.67. The van der Waals surface area contributed by atoms with Crippen LogP contribution in [0.15, 0.2) is 73.1 Å². The normalized spacial score (nSPS) is 12.2. The van der Waals surface area contributed by atoms with Crippen molar-refractivity contribution in [2.45, 2.75) is 18.4 Å². The number of benzene rings is 2. The van der Waals surface area contributed by atoms with Crippen molar-refractivity contribution >= 4 is 11.8 Å². The molecule has 1 heterocycles. The number of imidazole rings is 1. The molecule has 1 aromatic heterocycles. The van der Waals surface area contributed by atoms with Crippen molar-refractivity contribution in [3.05, 3.63) is 90.0 Å². The minimum atomic E-state index is -0.432. The largest absolute Gasteiger partial charge is 0.388 e. The Hall–Kier alpha value is -2.04. The minimum Gasteiger partial charge on any atom is -0.388 e. The standard InChI is InChI=1S/C19H20N2OS/c22-18(17-9-5-2-6-10-17)14-23-15-19-20-11-12-21(19)13-16-7-3-1-4-8-16/h1-12,18,22H,13-15H2. The van der Waals surface area contributed by atoms with Gasteiger partial charge in [0.25, 0.3) is 0 Å². The zero-order valence-electron chi connectivity index (χ0n) is 12.9. The molecule has 1 N–H and O–H groups in total. The van der Waals surface area contributed by atoms with Crippen molar-refractivity contribution in [3.63, 3.8) is 0 Å². The van der Waals surface area contributed by atoms with Crippen molar-refractivity contribution in [2.24, 2.45) is 0 Å². The molecule has 4 heteroatoms. The van der Waals surface area contributed by atoms with Crippen LogP contribution in [0.3, 0.4) is 0 Å². The third-order valence-corrected chi connectivity index (χ3v) is 4.70. The number of aliphatic hydroxyl groups is 1. The molecule has 0 aliphatic carbocycles. The summed E-state index contributed by atoms with van der Waals surface area (Å²) >= 11 is 1.71. The van der Waals surface area contributed by atoms with Crippen molar-refractivity contribution in [1.29, 1.82) is 0 Å². The van der Waals surface area contributed by atoms with E-state index in [0.29, 0.717) is 5.75 Å². The second-order valence-electron chi connectivity index (χ2n) is 5.40. The van der Waals surface area contributed by atoms with Crippen molar-refractivity contribution in [1.82, 2.24) is 9.55 Å². The minimum absolute atomic E-state index is 0.432. The van der Waals surface area contributed by atoms with Crippen LogP contribution in [0.4, 0.5) is 0 Å². The van der Waals surface area contributed by atoms with E-state index in [0.717, 1.165) is 23.7 Å². The zero-order valence-corrected chi connectivity index (χ0v) is 13.7. The molecular weight excluding hydrogens is 304 g/mol. The first kappa shape index (κ1) is 15.8. The van der Waals surface area contributed by atoms with E-state index in [9.17, 15) is 5.11 Å². The van der Waals surface area contributed by atoms with Gasteiger partial charge in [0.05, 0.1) is 11.9 Å². The van der Waals surface area contributed by atoms with Crippen molar-refractivity contribution in [2.75, 3.05) is 5.75 Å². The van der Waals surface area contributed by atoms with Gasteiger partial charge in [-0.2, -0.15) is 11.8 Å². The van der Waals surface area contributed by atoms with Crippen molar-refractivity contribution < 1.29 is 5.11 Å². The highest BCUT2D eigenvalue weighted by Gasteiger charge is 2.09. The first-order chi connectivity index (χ1) is 11.3. The van der Waals surface area contributed by atoms with E-state index in [4.69, 9.17) is 0 Å². The van der Waals surface area contributed by atoms with Crippen LogP contribution in [-0.4, -0.2) is 20.4 Å². The molecule has 3 rings (SSSR count). The van der Waals surface area contributed by atoms with Crippen LogP contribution in [0.1, 0.15) is 23.1 Å². The highest BCUT2D eigenvalue weighted by Crippen LogP contribution is 2.20. The summed E-state index contributed by atoms with van der Waals surface area (Å²) in [7, 11) is 0. The maximum atomic E-state index is 10.2. The summed E-state index contributed by atoms with van der Waals surface area (Å²) < 4.78 is 2.16. The third kappa shape index (κ3) is 4.47.